The fourth-order valence-electron chi connectivity index (χ4n) is 3.58. The smallest absolute Gasteiger partial charge is 0.126 e. The van der Waals surface area contributed by atoms with Gasteiger partial charge in [-0.1, -0.05) is 55.3 Å². The largest absolute Gasteiger partial charge is 0.321 e. The van der Waals surface area contributed by atoms with Crippen LogP contribution in [-0.2, 0) is 5.54 Å². The van der Waals surface area contributed by atoms with Crippen LogP contribution >= 0.6 is 0 Å². The summed E-state index contributed by atoms with van der Waals surface area (Å²) in [4.78, 5) is 0. The summed E-state index contributed by atoms with van der Waals surface area (Å²) in [5, 5.41) is 0. The van der Waals surface area contributed by atoms with E-state index in [-0.39, 0.29) is 11.7 Å². The number of nitrogens with two attached hydrogens (primary N) is 1. The second kappa shape index (κ2) is 5.61. The zero-order valence-corrected chi connectivity index (χ0v) is 12.5. The third-order valence-electron chi connectivity index (χ3n) is 4.87. The van der Waals surface area contributed by atoms with Crippen molar-refractivity contribution in [2.75, 3.05) is 0 Å². The highest BCUT2D eigenvalue weighted by Crippen LogP contribution is 2.45. The predicted molar refractivity (Wildman–Crippen MR) is 84.7 cm³/mol. The Hall–Kier alpha value is -1.67. The number of halogens is 1. The van der Waals surface area contributed by atoms with E-state index in [4.69, 9.17) is 5.73 Å². The van der Waals surface area contributed by atoms with E-state index in [0.717, 1.165) is 24.8 Å². The van der Waals surface area contributed by atoms with Gasteiger partial charge >= 0.3 is 0 Å². The Morgan fingerprint density at radius 1 is 1.10 bits per heavy atom. The Morgan fingerprint density at radius 3 is 2.57 bits per heavy atom. The van der Waals surface area contributed by atoms with Gasteiger partial charge in [0.05, 0.1) is 0 Å². The van der Waals surface area contributed by atoms with Crippen molar-refractivity contribution in [3.05, 3.63) is 71.0 Å². The molecule has 0 aromatic heterocycles. The van der Waals surface area contributed by atoms with E-state index >= 15 is 0 Å². The summed E-state index contributed by atoms with van der Waals surface area (Å²) in [5.74, 6) is 0.101. The maximum atomic E-state index is 14.0. The molecular formula is C19H22FN. The number of hydrogen-bond donors (Lipinski definition) is 1. The maximum Gasteiger partial charge on any atom is 0.126 e. The van der Waals surface area contributed by atoms with Gasteiger partial charge in [-0.3, -0.25) is 0 Å². The van der Waals surface area contributed by atoms with Gasteiger partial charge in [0.2, 0.25) is 0 Å². The zero-order chi connectivity index (χ0) is 14.9. The van der Waals surface area contributed by atoms with Crippen LogP contribution in [0.3, 0.4) is 0 Å². The molecule has 1 saturated carbocycles. The van der Waals surface area contributed by atoms with Crippen molar-refractivity contribution in [1.82, 2.24) is 0 Å². The molecule has 0 amide bonds. The van der Waals surface area contributed by atoms with Crippen LogP contribution in [0.15, 0.2) is 48.5 Å². The molecule has 1 fully saturated rings. The van der Waals surface area contributed by atoms with Crippen molar-refractivity contribution < 1.29 is 4.39 Å². The molecule has 2 heteroatoms. The fraction of sp³-hybridized carbons (Fsp3) is 0.368. The van der Waals surface area contributed by atoms with Crippen LogP contribution in [0.4, 0.5) is 4.39 Å². The maximum absolute atomic E-state index is 14.0. The van der Waals surface area contributed by atoms with E-state index in [1.165, 1.54) is 12.0 Å². The lowest BCUT2D eigenvalue weighted by atomic mass is 9.67. The van der Waals surface area contributed by atoms with Gasteiger partial charge in [0.15, 0.2) is 0 Å². The molecule has 2 unspecified atom stereocenters. The molecule has 0 aliphatic heterocycles. The lowest BCUT2D eigenvalue weighted by molar-refractivity contribution is 0.254. The third-order valence-corrected chi connectivity index (χ3v) is 4.87. The minimum absolute atomic E-state index is 0.158. The minimum atomic E-state index is -0.464. The summed E-state index contributed by atoms with van der Waals surface area (Å²) in [6, 6.07) is 15.9. The molecular weight excluding hydrogens is 261 g/mol. The van der Waals surface area contributed by atoms with Crippen molar-refractivity contribution >= 4 is 0 Å². The van der Waals surface area contributed by atoms with Gasteiger partial charge in [-0.15, -0.1) is 0 Å². The van der Waals surface area contributed by atoms with E-state index in [2.05, 4.69) is 24.3 Å². The van der Waals surface area contributed by atoms with E-state index in [1.807, 2.05) is 18.2 Å². The van der Waals surface area contributed by atoms with E-state index < -0.39 is 5.54 Å². The molecule has 1 nitrogen and oxygen atoms in total. The number of hydrogen-bond acceptors (Lipinski definition) is 1. The van der Waals surface area contributed by atoms with Crippen LogP contribution in [0, 0.1) is 12.7 Å². The number of benzene rings is 2. The predicted octanol–water partition coefficient (Wildman–Crippen LogP) is 4.65. The average molecular weight is 283 g/mol. The first-order chi connectivity index (χ1) is 10.1. The van der Waals surface area contributed by atoms with E-state index in [1.54, 1.807) is 13.0 Å². The van der Waals surface area contributed by atoms with Crippen LogP contribution in [0.25, 0.3) is 0 Å². The fourth-order valence-corrected chi connectivity index (χ4v) is 3.58. The molecule has 1 aliphatic carbocycles. The Morgan fingerprint density at radius 2 is 1.86 bits per heavy atom. The Labute approximate surface area is 126 Å². The molecule has 2 N–H and O–H groups in total. The van der Waals surface area contributed by atoms with Crippen LogP contribution in [0.1, 0.15) is 48.3 Å². The first-order valence-electron chi connectivity index (χ1n) is 7.72. The quantitative estimate of drug-likeness (QED) is 0.853. The molecule has 0 bridgehead atoms. The highest BCUT2D eigenvalue weighted by Gasteiger charge is 2.39. The van der Waals surface area contributed by atoms with Crippen molar-refractivity contribution in [3.8, 4) is 0 Å². The molecule has 0 heterocycles. The number of rotatable bonds is 2. The first kappa shape index (κ1) is 14.3. The molecule has 2 aromatic carbocycles. The molecule has 110 valence electrons. The van der Waals surface area contributed by atoms with Crippen LogP contribution in [0.5, 0.6) is 0 Å². The molecule has 3 rings (SSSR count). The lowest BCUT2D eigenvalue weighted by Gasteiger charge is -2.42. The third kappa shape index (κ3) is 2.60. The van der Waals surface area contributed by atoms with Crippen molar-refractivity contribution in [3.63, 3.8) is 0 Å². The highest BCUT2D eigenvalue weighted by molar-refractivity contribution is 5.35. The Balaban J connectivity index is 2.04. The first-order valence-corrected chi connectivity index (χ1v) is 7.72. The molecule has 2 atom stereocenters. The molecule has 21 heavy (non-hydrogen) atoms. The average Bonchev–Trinajstić information content (AvgIpc) is 2.51. The molecule has 2 aromatic rings. The standard InChI is InChI=1S/C19H22FN/c1-14-10-11-16(13-18(14)20)19(21)12-6-5-9-17(19)15-7-3-2-4-8-15/h2-4,7-8,10-11,13,17H,5-6,9,12,21H2,1H3. The number of aryl methyl sites for hydroxylation is 1. The van der Waals surface area contributed by atoms with Gasteiger partial charge < -0.3 is 5.73 Å². The summed E-state index contributed by atoms with van der Waals surface area (Å²) in [5.41, 5.74) is 9.21. The second-order valence-electron chi connectivity index (χ2n) is 6.21. The summed E-state index contributed by atoms with van der Waals surface area (Å²) in [6.45, 7) is 1.79. The van der Waals surface area contributed by atoms with Crippen molar-refractivity contribution in [2.45, 2.75) is 44.1 Å². The van der Waals surface area contributed by atoms with Gasteiger partial charge in [-0.2, -0.15) is 0 Å². The summed E-state index contributed by atoms with van der Waals surface area (Å²) < 4.78 is 14.0. The topological polar surface area (TPSA) is 26.0 Å². The van der Waals surface area contributed by atoms with Crippen molar-refractivity contribution in [1.29, 1.82) is 0 Å². The second-order valence-corrected chi connectivity index (χ2v) is 6.21. The SMILES string of the molecule is Cc1ccc(C2(N)CCCCC2c2ccccc2)cc1F. The van der Waals surface area contributed by atoms with Gasteiger partial charge in [0.25, 0.3) is 0 Å². The van der Waals surface area contributed by atoms with Gasteiger partial charge in [0, 0.05) is 11.5 Å². The van der Waals surface area contributed by atoms with Crippen molar-refractivity contribution in [2.24, 2.45) is 5.73 Å². The molecule has 0 spiro atoms. The van der Waals surface area contributed by atoms with Gasteiger partial charge in [-0.25, -0.2) is 4.39 Å². The van der Waals surface area contributed by atoms with Crippen LogP contribution in [0.2, 0.25) is 0 Å². The van der Waals surface area contributed by atoms with E-state index in [0.29, 0.717) is 5.56 Å². The Bertz CT molecular complexity index is 623. The van der Waals surface area contributed by atoms with E-state index in [9.17, 15) is 4.39 Å². The molecule has 1 aliphatic rings. The van der Waals surface area contributed by atoms with Crippen LogP contribution in [-0.4, -0.2) is 0 Å². The summed E-state index contributed by atoms with van der Waals surface area (Å²) in [6.07, 6.45) is 4.27. The highest BCUT2D eigenvalue weighted by atomic mass is 19.1. The monoisotopic (exact) mass is 283 g/mol. The molecule has 0 saturated heterocycles. The summed E-state index contributed by atoms with van der Waals surface area (Å²) in [7, 11) is 0. The lowest BCUT2D eigenvalue weighted by Crippen LogP contribution is -2.45. The summed E-state index contributed by atoms with van der Waals surface area (Å²) >= 11 is 0. The Kier molecular flexibility index (Phi) is 3.81. The van der Waals surface area contributed by atoms with Gasteiger partial charge in [0.1, 0.15) is 5.82 Å². The van der Waals surface area contributed by atoms with Gasteiger partial charge in [-0.05, 0) is 42.5 Å². The normalized spacial score (nSPS) is 25.8. The zero-order valence-electron chi connectivity index (χ0n) is 12.5. The molecule has 0 radical (unpaired) electrons. The minimum Gasteiger partial charge on any atom is -0.321 e. The van der Waals surface area contributed by atoms with Crippen LogP contribution < -0.4 is 5.73 Å².